The summed E-state index contributed by atoms with van der Waals surface area (Å²) in [7, 11) is 0. The quantitative estimate of drug-likeness (QED) is 0.722. The second kappa shape index (κ2) is 8.37. The number of amides is 2. The van der Waals surface area contributed by atoms with Crippen molar-refractivity contribution < 1.29 is 27.5 Å². The van der Waals surface area contributed by atoms with Gasteiger partial charge in [0.1, 0.15) is 17.9 Å². The fraction of sp³-hybridized carbons (Fsp3) is 0.412. The molecule has 3 rings (SSSR count). The highest BCUT2D eigenvalue weighted by Gasteiger charge is 2.29. The number of piperazine rings is 1. The first-order valence-corrected chi connectivity index (χ1v) is 8.78. The minimum absolute atomic E-state index is 0.284. The third-order valence-corrected chi connectivity index (χ3v) is 4.30. The number of carbonyl (C=O) groups excluding carboxylic acids is 2. The lowest BCUT2D eigenvalue weighted by atomic mass is 10.2. The predicted molar refractivity (Wildman–Crippen MR) is 97.9 cm³/mol. The Labute approximate surface area is 163 Å². The van der Waals surface area contributed by atoms with Gasteiger partial charge in [0, 0.05) is 44.0 Å². The summed E-state index contributed by atoms with van der Waals surface area (Å²) in [4.78, 5) is 37.9. The Morgan fingerprint density at radius 1 is 1.28 bits per heavy atom. The van der Waals surface area contributed by atoms with Crippen molar-refractivity contribution in [3.05, 3.63) is 24.0 Å². The Kier molecular flexibility index (Phi) is 5.89. The summed E-state index contributed by atoms with van der Waals surface area (Å²) in [5.74, 6) is -0.00220. The van der Waals surface area contributed by atoms with Crippen molar-refractivity contribution in [3.8, 4) is 0 Å². The number of primary amides is 1. The van der Waals surface area contributed by atoms with E-state index < -0.39 is 31.2 Å². The van der Waals surface area contributed by atoms with Gasteiger partial charge in [0.15, 0.2) is 5.65 Å². The van der Waals surface area contributed by atoms with Crippen LogP contribution < -0.4 is 10.6 Å². The number of H-pyrrole nitrogens is 1. The second-order valence-electron chi connectivity index (χ2n) is 6.36. The van der Waals surface area contributed by atoms with E-state index in [9.17, 15) is 22.8 Å². The normalized spacial score (nSPS) is 15.3. The van der Waals surface area contributed by atoms with Gasteiger partial charge in [0.2, 0.25) is 5.91 Å². The van der Waals surface area contributed by atoms with E-state index in [1.54, 1.807) is 12.4 Å². The van der Waals surface area contributed by atoms with Crippen LogP contribution in [0.3, 0.4) is 0 Å². The molecule has 3 N–H and O–H groups in total. The molecule has 0 spiro atoms. The molecule has 0 unspecified atom stereocenters. The van der Waals surface area contributed by atoms with Gasteiger partial charge in [-0.25, -0.2) is 14.8 Å². The molecule has 1 aliphatic rings. The summed E-state index contributed by atoms with van der Waals surface area (Å²) in [6, 6.07) is 0. The Hall–Kier alpha value is -3.31. The number of carbonyl (C=O) groups is 2. The molecule has 0 atom stereocenters. The van der Waals surface area contributed by atoms with Gasteiger partial charge < -0.3 is 25.3 Å². The average Bonchev–Trinajstić information content (AvgIpc) is 3.07. The topological polar surface area (TPSA) is 117 Å². The SMILES string of the molecule is NC(=O)C=Cc1c[nH]c2ncc(N3CCN(C(=O)OCCC(F)(F)F)CC3)nc12. The first-order valence-electron chi connectivity index (χ1n) is 8.78. The molecule has 0 aromatic carbocycles. The smallest absolute Gasteiger partial charge is 0.409 e. The van der Waals surface area contributed by atoms with Crippen molar-refractivity contribution in [3.63, 3.8) is 0 Å². The molecular weight excluding hydrogens is 393 g/mol. The van der Waals surface area contributed by atoms with E-state index in [1.165, 1.54) is 17.1 Å². The van der Waals surface area contributed by atoms with Gasteiger partial charge >= 0.3 is 12.3 Å². The van der Waals surface area contributed by atoms with E-state index in [2.05, 4.69) is 19.7 Å². The third-order valence-electron chi connectivity index (χ3n) is 4.30. The number of nitrogens with zero attached hydrogens (tertiary/aromatic N) is 4. The standard InChI is InChI=1S/C17H19F3N6O3/c18-17(19,20)3-8-29-16(28)26-6-4-25(5-7-26)13-10-23-15-14(24-13)11(9-22-15)1-2-12(21)27/h1-2,9-10H,3-8H2,(H2,21,27)(H,22,23). The van der Waals surface area contributed by atoms with Gasteiger partial charge in [-0.3, -0.25) is 4.79 Å². The molecule has 1 aliphatic heterocycles. The number of nitrogens with two attached hydrogens (primary N) is 1. The van der Waals surface area contributed by atoms with Crippen LogP contribution in [0.2, 0.25) is 0 Å². The third kappa shape index (κ3) is 5.36. The zero-order valence-electron chi connectivity index (χ0n) is 15.3. The maximum atomic E-state index is 12.1. The van der Waals surface area contributed by atoms with Crippen LogP contribution in [0.4, 0.5) is 23.8 Å². The van der Waals surface area contributed by atoms with Crippen molar-refractivity contribution >= 4 is 35.1 Å². The van der Waals surface area contributed by atoms with E-state index in [1.807, 2.05) is 4.90 Å². The number of fused-ring (bicyclic) bond motifs is 1. The van der Waals surface area contributed by atoms with Crippen LogP contribution in [0.15, 0.2) is 18.5 Å². The van der Waals surface area contributed by atoms with Crippen molar-refractivity contribution in [1.29, 1.82) is 0 Å². The summed E-state index contributed by atoms with van der Waals surface area (Å²) >= 11 is 0. The molecule has 156 valence electrons. The zero-order valence-corrected chi connectivity index (χ0v) is 15.3. The summed E-state index contributed by atoms with van der Waals surface area (Å²) in [6.07, 6.45) is -0.299. The molecular formula is C17H19F3N6O3. The van der Waals surface area contributed by atoms with Crippen molar-refractivity contribution in [1.82, 2.24) is 19.9 Å². The first-order chi connectivity index (χ1) is 13.7. The number of anilines is 1. The van der Waals surface area contributed by atoms with Crippen LogP contribution in [-0.4, -0.2) is 70.8 Å². The molecule has 29 heavy (non-hydrogen) atoms. The van der Waals surface area contributed by atoms with Crippen LogP contribution in [0, 0.1) is 0 Å². The number of halogens is 3. The molecule has 0 saturated carbocycles. The highest BCUT2D eigenvalue weighted by Crippen LogP contribution is 2.21. The van der Waals surface area contributed by atoms with Crippen molar-refractivity contribution in [2.75, 3.05) is 37.7 Å². The Bertz CT molecular complexity index is 919. The van der Waals surface area contributed by atoms with Gasteiger partial charge in [0.25, 0.3) is 0 Å². The number of hydrogen-bond acceptors (Lipinski definition) is 6. The van der Waals surface area contributed by atoms with Crippen LogP contribution >= 0.6 is 0 Å². The predicted octanol–water partition coefficient (Wildman–Crippen LogP) is 1.67. The highest BCUT2D eigenvalue weighted by atomic mass is 19.4. The Balaban J connectivity index is 1.60. The maximum absolute atomic E-state index is 12.1. The zero-order chi connectivity index (χ0) is 21.0. The molecule has 3 heterocycles. The van der Waals surface area contributed by atoms with Crippen LogP contribution in [-0.2, 0) is 9.53 Å². The molecule has 2 aromatic heterocycles. The van der Waals surface area contributed by atoms with Crippen LogP contribution in [0.25, 0.3) is 17.2 Å². The Morgan fingerprint density at radius 3 is 2.66 bits per heavy atom. The molecule has 1 fully saturated rings. The van der Waals surface area contributed by atoms with Gasteiger partial charge in [-0.05, 0) is 6.08 Å². The summed E-state index contributed by atoms with van der Waals surface area (Å²) in [5.41, 5.74) is 6.87. The molecule has 0 aliphatic carbocycles. The fourth-order valence-electron chi connectivity index (χ4n) is 2.82. The summed E-state index contributed by atoms with van der Waals surface area (Å²) < 4.78 is 41.1. The summed E-state index contributed by atoms with van der Waals surface area (Å²) in [6.45, 7) is 0.717. The number of alkyl halides is 3. The fourth-order valence-corrected chi connectivity index (χ4v) is 2.82. The average molecular weight is 412 g/mol. The number of nitrogens with one attached hydrogen (secondary N) is 1. The van der Waals surface area contributed by atoms with E-state index in [-0.39, 0.29) is 13.1 Å². The largest absolute Gasteiger partial charge is 0.449 e. The maximum Gasteiger partial charge on any atom is 0.409 e. The van der Waals surface area contributed by atoms with E-state index in [0.717, 1.165) is 0 Å². The molecule has 0 bridgehead atoms. The lowest BCUT2D eigenvalue weighted by Crippen LogP contribution is -2.49. The molecule has 0 radical (unpaired) electrons. The molecule has 1 saturated heterocycles. The van der Waals surface area contributed by atoms with Crippen LogP contribution in [0.5, 0.6) is 0 Å². The number of aromatic nitrogens is 3. The monoisotopic (exact) mass is 412 g/mol. The van der Waals surface area contributed by atoms with E-state index in [4.69, 9.17) is 5.73 Å². The first kappa shape index (κ1) is 20.4. The minimum atomic E-state index is -4.36. The highest BCUT2D eigenvalue weighted by molar-refractivity contribution is 5.93. The van der Waals surface area contributed by atoms with Gasteiger partial charge in [0.05, 0.1) is 12.6 Å². The second-order valence-corrected chi connectivity index (χ2v) is 6.36. The molecule has 12 heteroatoms. The number of ether oxygens (including phenoxy) is 1. The molecule has 9 nitrogen and oxygen atoms in total. The van der Waals surface area contributed by atoms with E-state index in [0.29, 0.717) is 35.6 Å². The number of aromatic amines is 1. The number of hydrogen-bond donors (Lipinski definition) is 2. The van der Waals surface area contributed by atoms with Gasteiger partial charge in [-0.2, -0.15) is 13.2 Å². The number of rotatable bonds is 5. The van der Waals surface area contributed by atoms with Gasteiger partial charge in [-0.1, -0.05) is 0 Å². The lowest BCUT2D eigenvalue weighted by molar-refractivity contribution is -0.141. The lowest BCUT2D eigenvalue weighted by Gasteiger charge is -2.34. The molecule has 2 aromatic rings. The van der Waals surface area contributed by atoms with Crippen molar-refractivity contribution in [2.45, 2.75) is 12.6 Å². The Morgan fingerprint density at radius 2 is 2.00 bits per heavy atom. The van der Waals surface area contributed by atoms with Crippen molar-refractivity contribution in [2.24, 2.45) is 5.73 Å². The van der Waals surface area contributed by atoms with Gasteiger partial charge in [-0.15, -0.1) is 0 Å². The molecule has 2 amide bonds. The van der Waals surface area contributed by atoms with Crippen LogP contribution in [0.1, 0.15) is 12.0 Å². The summed E-state index contributed by atoms with van der Waals surface area (Å²) in [5, 5.41) is 0. The minimum Gasteiger partial charge on any atom is -0.449 e. The van der Waals surface area contributed by atoms with E-state index >= 15 is 0 Å².